The van der Waals surface area contributed by atoms with Gasteiger partial charge in [-0.2, -0.15) is 0 Å². The molecule has 0 bridgehead atoms. The monoisotopic (exact) mass is 326 g/mol. The highest BCUT2D eigenvalue weighted by molar-refractivity contribution is 9.10. The van der Waals surface area contributed by atoms with E-state index < -0.39 is 0 Å². The predicted octanol–water partition coefficient (Wildman–Crippen LogP) is 5.57. The summed E-state index contributed by atoms with van der Waals surface area (Å²) < 4.78 is 5.92. The van der Waals surface area contributed by atoms with E-state index in [-0.39, 0.29) is 5.38 Å². The summed E-state index contributed by atoms with van der Waals surface area (Å²) in [7, 11) is 0. The second-order valence-electron chi connectivity index (χ2n) is 4.85. The molecule has 0 N–H and O–H groups in total. The van der Waals surface area contributed by atoms with E-state index in [0.717, 1.165) is 17.5 Å². The fraction of sp³-hybridized carbons (Fsp3) is 0.333. The molecule has 1 atom stereocenters. The number of alkyl halides is 1. The van der Waals surface area contributed by atoms with Crippen LogP contribution in [0.15, 0.2) is 45.7 Å². The van der Waals surface area contributed by atoms with Crippen LogP contribution in [0.4, 0.5) is 0 Å². The molecule has 0 saturated carbocycles. The SMILES string of the molecule is CC(C)Cc1ccc(C(Cl)c2ccoc2Br)cc1. The second kappa shape index (κ2) is 5.94. The van der Waals surface area contributed by atoms with E-state index in [0.29, 0.717) is 10.6 Å². The third-order valence-corrected chi connectivity index (χ3v) is 3.97. The number of furan rings is 1. The summed E-state index contributed by atoms with van der Waals surface area (Å²) >= 11 is 9.81. The zero-order valence-corrected chi connectivity index (χ0v) is 12.8. The van der Waals surface area contributed by atoms with E-state index in [1.54, 1.807) is 6.26 Å². The average Bonchev–Trinajstić information content (AvgIpc) is 2.75. The molecule has 0 spiro atoms. The van der Waals surface area contributed by atoms with Gasteiger partial charge in [0.1, 0.15) is 0 Å². The van der Waals surface area contributed by atoms with Crippen LogP contribution in [0.3, 0.4) is 0 Å². The van der Waals surface area contributed by atoms with Gasteiger partial charge in [-0.3, -0.25) is 0 Å². The zero-order valence-electron chi connectivity index (χ0n) is 10.5. The van der Waals surface area contributed by atoms with E-state index >= 15 is 0 Å². The third kappa shape index (κ3) is 3.18. The smallest absolute Gasteiger partial charge is 0.173 e. The first-order chi connectivity index (χ1) is 8.58. The van der Waals surface area contributed by atoms with Gasteiger partial charge in [0.25, 0.3) is 0 Å². The van der Waals surface area contributed by atoms with Crippen molar-refractivity contribution in [3.05, 3.63) is 58.0 Å². The molecule has 1 nitrogen and oxygen atoms in total. The van der Waals surface area contributed by atoms with Gasteiger partial charge in [-0.15, -0.1) is 11.6 Å². The molecule has 1 aromatic carbocycles. The van der Waals surface area contributed by atoms with Crippen LogP contribution < -0.4 is 0 Å². The van der Waals surface area contributed by atoms with Crippen molar-refractivity contribution in [1.29, 1.82) is 0 Å². The van der Waals surface area contributed by atoms with Crippen molar-refractivity contribution >= 4 is 27.5 Å². The molecule has 0 aliphatic carbocycles. The maximum atomic E-state index is 6.45. The van der Waals surface area contributed by atoms with Crippen LogP contribution in [0.5, 0.6) is 0 Å². The van der Waals surface area contributed by atoms with Gasteiger partial charge in [0.15, 0.2) is 4.67 Å². The Kier molecular flexibility index (Phi) is 4.52. The van der Waals surface area contributed by atoms with Crippen LogP contribution >= 0.6 is 27.5 Å². The lowest BCUT2D eigenvalue weighted by Crippen LogP contribution is -1.96. The minimum atomic E-state index is -0.175. The summed E-state index contributed by atoms with van der Waals surface area (Å²) in [5, 5.41) is -0.175. The second-order valence-corrected chi connectivity index (χ2v) is 6.01. The lowest BCUT2D eigenvalue weighted by atomic mass is 10.00. The standard InChI is InChI=1S/C15H16BrClO/c1-10(2)9-11-3-5-12(6-4-11)14(17)13-7-8-18-15(13)16/h3-8,10,14H,9H2,1-2H3. The van der Waals surface area contributed by atoms with E-state index in [9.17, 15) is 0 Å². The Bertz CT molecular complexity index is 501. The number of rotatable bonds is 4. The average molecular weight is 328 g/mol. The van der Waals surface area contributed by atoms with E-state index in [2.05, 4.69) is 54.0 Å². The van der Waals surface area contributed by atoms with Gasteiger partial charge in [-0.25, -0.2) is 0 Å². The van der Waals surface area contributed by atoms with E-state index in [1.807, 2.05) is 6.07 Å². The molecule has 1 aromatic heterocycles. The van der Waals surface area contributed by atoms with Crippen molar-refractivity contribution in [2.45, 2.75) is 25.6 Å². The van der Waals surface area contributed by atoms with Gasteiger partial charge >= 0.3 is 0 Å². The fourth-order valence-electron chi connectivity index (χ4n) is 1.96. The molecule has 0 aliphatic heterocycles. The lowest BCUT2D eigenvalue weighted by Gasteiger charge is -2.10. The molecule has 2 rings (SSSR count). The molecule has 0 fully saturated rings. The predicted molar refractivity (Wildman–Crippen MR) is 79.1 cm³/mol. The maximum absolute atomic E-state index is 6.45. The Labute approximate surface area is 121 Å². The van der Waals surface area contributed by atoms with E-state index in [4.69, 9.17) is 16.0 Å². The van der Waals surface area contributed by atoms with Crippen LogP contribution in [0.2, 0.25) is 0 Å². The molecule has 3 heteroatoms. The largest absolute Gasteiger partial charge is 0.457 e. The summed E-state index contributed by atoms with van der Waals surface area (Å²) in [4.78, 5) is 0. The highest BCUT2D eigenvalue weighted by Crippen LogP contribution is 2.34. The molecule has 96 valence electrons. The summed E-state index contributed by atoms with van der Waals surface area (Å²) in [5.41, 5.74) is 3.41. The Morgan fingerprint density at radius 3 is 2.33 bits per heavy atom. The molecule has 1 unspecified atom stereocenters. The summed E-state index contributed by atoms with van der Waals surface area (Å²) in [6.45, 7) is 4.45. The fourth-order valence-corrected chi connectivity index (χ4v) is 2.88. The third-order valence-electron chi connectivity index (χ3n) is 2.84. The van der Waals surface area contributed by atoms with Crippen molar-refractivity contribution < 1.29 is 4.42 Å². The minimum absolute atomic E-state index is 0.175. The van der Waals surface area contributed by atoms with Crippen LogP contribution in [0, 0.1) is 5.92 Å². The molecule has 0 aliphatic rings. The normalized spacial score (nSPS) is 12.9. The zero-order chi connectivity index (χ0) is 13.1. The number of benzene rings is 1. The van der Waals surface area contributed by atoms with Gasteiger partial charge in [0.2, 0.25) is 0 Å². The van der Waals surface area contributed by atoms with Crippen molar-refractivity contribution in [3.63, 3.8) is 0 Å². The quantitative estimate of drug-likeness (QED) is 0.669. The lowest BCUT2D eigenvalue weighted by molar-refractivity contribution is 0.537. The van der Waals surface area contributed by atoms with Crippen molar-refractivity contribution in [2.24, 2.45) is 5.92 Å². The van der Waals surface area contributed by atoms with Gasteiger partial charge < -0.3 is 4.42 Å². The Hall–Kier alpha value is -0.730. The van der Waals surface area contributed by atoms with Gasteiger partial charge in [0.05, 0.1) is 11.6 Å². The highest BCUT2D eigenvalue weighted by Gasteiger charge is 2.16. The Balaban J connectivity index is 2.17. The first kappa shape index (κ1) is 13.7. The Morgan fingerprint density at radius 1 is 1.17 bits per heavy atom. The van der Waals surface area contributed by atoms with Gasteiger partial charge in [-0.05, 0) is 45.5 Å². The molecular weight excluding hydrogens is 312 g/mol. The molecule has 0 radical (unpaired) electrons. The summed E-state index contributed by atoms with van der Waals surface area (Å²) in [5.74, 6) is 0.672. The highest BCUT2D eigenvalue weighted by atomic mass is 79.9. The topological polar surface area (TPSA) is 13.1 Å². The van der Waals surface area contributed by atoms with Gasteiger partial charge in [-0.1, -0.05) is 38.1 Å². The van der Waals surface area contributed by atoms with Crippen molar-refractivity contribution in [3.8, 4) is 0 Å². The molecule has 1 heterocycles. The molecule has 18 heavy (non-hydrogen) atoms. The van der Waals surface area contributed by atoms with Crippen LogP contribution in [0.25, 0.3) is 0 Å². The van der Waals surface area contributed by atoms with Crippen LogP contribution in [0.1, 0.15) is 35.9 Å². The van der Waals surface area contributed by atoms with Crippen molar-refractivity contribution in [2.75, 3.05) is 0 Å². The molecular formula is C15H16BrClO. The molecule has 0 saturated heterocycles. The number of hydrogen-bond donors (Lipinski definition) is 0. The summed E-state index contributed by atoms with van der Waals surface area (Å²) in [6.07, 6.45) is 2.74. The van der Waals surface area contributed by atoms with Crippen LogP contribution in [-0.4, -0.2) is 0 Å². The first-order valence-electron chi connectivity index (χ1n) is 6.03. The Morgan fingerprint density at radius 2 is 1.83 bits per heavy atom. The van der Waals surface area contributed by atoms with E-state index in [1.165, 1.54) is 5.56 Å². The number of hydrogen-bond acceptors (Lipinski definition) is 1. The van der Waals surface area contributed by atoms with Crippen molar-refractivity contribution in [1.82, 2.24) is 0 Å². The number of halogens is 2. The summed E-state index contributed by atoms with van der Waals surface area (Å²) in [6, 6.07) is 10.4. The molecule has 2 aromatic rings. The van der Waals surface area contributed by atoms with Crippen LogP contribution in [-0.2, 0) is 6.42 Å². The maximum Gasteiger partial charge on any atom is 0.173 e. The molecule has 0 amide bonds. The first-order valence-corrected chi connectivity index (χ1v) is 7.26. The minimum Gasteiger partial charge on any atom is -0.457 e. The van der Waals surface area contributed by atoms with Gasteiger partial charge in [0, 0.05) is 5.56 Å².